The van der Waals surface area contributed by atoms with Crippen molar-refractivity contribution in [2.45, 2.75) is 18.2 Å². The van der Waals surface area contributed by atoms with E-state index in [2.05, 4.69) is 14.8 Å². The van der Waals surface area contributed by atoms with Crippen LogP contribution in [-0.4, -0.2) is 42.7 Å². The summed E-state index contributed by atoms with van der Waals surface area (Å²) in [4.78, 5) is 0.216. The van der Waals surface area contributed by atoms with Gasteiger partial charge in [-0.05, 0) is 30.7 Å². The monoisotopic (exact) mass is 335 g/mol. The molecule has 21 heavy (non-hydrogen) atoms. The molecule has 0 aliphatic heterocycles. The summed E-state index contributed by atoms with van der Waals surface area (Å²) in [7, 11) is -6.58. The molecule has 9 heteroatoms. The lowest BCUT2D eigenvalue weighted by Gasteiger charge is -2.08. The maximum Gasteiger partial charge on any atom is 0.240 e. The highest BCUT2D eigenvalue weighted by Gasteiger charge is 2.11. The molecule has 0 spiro atoms. The highest BCUT2D eigenvalue weighted by atomic mass is 32.2. The number of benzene rings is 1. The van der Waals surface area contributed by atoms with Gasteiger partial charge in [-0.15, -0.1) is 0 Å². The summed E-state index contributed by atoms with van der Waals surface area (Å²) >= 11 is 0. The zero-order chi connectivity index (χ0) is 15.9. The summed E-state index contributed by atoms with van der Waals surface area (Å²) in [5.74, 6) is 0. The summed E-state index contributed by atoms with van der Waals surface area (Å²) in [6, 6.07) is 6.40. The minimum absolute atomic E-state index is 0.216. The van der Waals surface area contributed by atoms with Crippen molar-refractivity contribution in [3.05, 3.63) is 24.3 Å². The number of anilines is 1. The van der Waals surface area contributed by atoms with E-state index < -0.39 is 20.0 Å². The topological polar surface area (TPSA) is 104 Å². The second-order valence-corrected chi connectivity index (χ2v) is 8.07. The summed E-state index contributed by atoms with van der Waals surface area (Å²) < 4.78 is 50.0. The molecule has 7 nitrogen and oxygen atoms in total. The molecule has 0 fully saturated rings. The molecule has 0 aliphatic rings. The van der Waals surface area contributed by atoms with Crippen LogP contribution in [0, 0.1) is 0 Å². The number of nitrogens with one attached hydrogen (secondary N) is 3. The van der Waals surface area contributed by atoms with Crippen molar-refractivity contribution in [3.63, 3.8) is 0 Å². The highest BCUT2D eigenvalue weighted by molar-refractivity contribution is 7.89. The lowest BCUT2D eigenvalue weighted by molar-refractivity contribution is 0.583. The van der Waals surface area contributed by atoms with Gasteiger partial charge in [-0.25, -0.2) is 26.3 Å². The Morgan fingerprint density at radius 3 is 2.10 bits per heavy atom. The summed E-state index contributed by atoms with van der Waals surface area (Å²) in [5.41, 5.74) is 0.782. The Bertz CT molecular complexity index is 640. The van der Waals surface area contributed by atoms with Crippen LogP contribution in [0.3, 0.4) is 0 Å². The molecule has 0 amide bonds. The van der Waals surface area contributed by atoms with Crippen LogP contribution in [0.4, 0.5) is 5.69 Å². The van der Waals surface area contributed by atoms with Gasteiger partial charge in [-0.1, -0.05) is 6.92 Å². The summed E-state index contributed by atoms with van der Waals surface area (Å²) in [6.45, 7) is 3.01. The fourth-order valence-electron chi connectivity index (χ4n) is 1.60. The Hall–Kier alpha value is -1.16. The zero-order valence-corrected chi connectivity index (χ0v) is 13.7. The summed E-state index contributed by atoms with van der Waals surface area (Å²) in [6.07, 6.45) is 1.74. The lowest BCUT2D eigenvalue weighted by atomic mass is 10.3. The number of hydrogen-bond acceptors (Lipinski definition) is 5. The van der Waals surface area contributed by atoms with Gasteiger partial charge in [0.1, 0.15) is 0 Å². The van der Waals surface area contributed by atoms with E-state index in [0.717, 1.165) is 11.9 Å². The predicted octanol–water partition coefficient (Wildman–Crippen LogP) is 0.336. The summed E-state index contributed by atoms with van der Waals surface area (Å²) in [5, 5.41) is 3.09. The van der Waals surface area contributed by atoms with E-state index in [9.17, 15) is 16.8 Å². The Kier molecular flexibility index (Phi) is 6.59. The molecule has 0 saturated carbocycles. The van der Waals surface area contributed by atoms with Crippen molar-refractivity contribution in [3.8, 4) is 0 Å². The highest BCUT2D eigenvalue weighted by Crippen LogP contribution is 2.13. The predicted molar refractivity (Wildman–Crippen MR) is 83.3 cm³/mol. The standard InChI is InChI=1S/C12H21N3O4S2/c1-3-14-21(18,19)12-7-5-11(6-8-12)13-9-4-10-15-20(2,16)17/h5-8,13-15H,3-4,9-10H2,1-2H3. The van der Waals surface area contributed by atoms with Crippen molar-refractivity contribution in [1.82, 2.24) is 9.44 Å². The first-order valence-electron chi connectivity index (χ1n) is 6.53. The Balaban J connectivity index is 2.45. The van der Waals surface area contributed by atoms with Crippen LogP contribution in [0.5, 0.6) is 0 Å². The Morgan fingerprint density at radius 2 is 1.57 bits per heavy atom. The normalized spacial score (nSPS) is 12.3. The van der Waals surface area contributed by atoms with Gasteiger partial charge in [-0.2, -0.15) is 0 Å². The molecule has 3 N–H and O–H groups in total. The number of sulfonamides is 2. The first-order chi connectivity index (χ1) is 9.74. The van der Waals surface area contributed by atoms with Gasteiger partial charge in [0.2, 0.25) is 20.0 Å². The molecular weight excluding hydrogens is 314 g/mol. The fraction of sp³-hybridized carbons (Fsp3) is 0.500. The second kappa shape index (κ2) is 7.74. The third-order valence-electron chi connectivity index (χ3n) is 2.55. The van der Waals surface area contributed by atoms with Crippen molar-refractivity contribution >= 4 is 25.7 Å². The SMILES string of the molecule is CCNS(=O)(=O)c1ccc(NCCCNS(C)(=O)=O)cc1. The average molecular weight is 335 g/mol. The lowest BCUT2D eigenvalue weighted by Crippen LogP contribution is -2.24. The van der Waals surface area contributed by atoms with Crippen LogP contribution < -0.4 is 14.8 Å². The molecular formula is C12H21N3O4S2. The molecule has 0 unspecified atom stereocenters. The largest absolute Gasteiger partial charge is 0.385 e. The second-order valence-electron chi connectivity index (χ2n) is 4.47. The van der Waals surface area contributed by atoms with E-state index in [4.69, 9.17) is 0 Å². The van der Waals surface area contributed by atoms with E-state index in [1.807, 2.05) is 0 Å². The van der Waals surface area contributed by atoms with Gasteiger partial charge >= 0.3 is 0 Å². The molecule has 1 aromatic rings. The van der Waals surface area contributed by atoms with E-state index in [1.54, 1.807) is 19.1 Å². The molecule has 0 radical (unpaired) electrons. The van der Waals surface area contributed by atoms with Crippen LogP contribution in [0.25, 0.3) is 0 Å². The molecule has 120 valence electrons. The van der Waals surface area contributed by atoms with Gasteiger partial charge in [0.25, 0.3) is 0 Å². The van der Waals surface area contributed by atoms with Crippen LogP contribution in [-0.2, 0) is 20.0 Å². The average Bonchev–Trinajstić information content (AvgIpc) is 2.37. The first-order valence-corrected chi connectivity index (χ1v) is 9.90. The molecule has 1 aromatic carbocycles. The molecule has 0 atom stereocenters. The van der Waals surface area contributed by atoms with Gasteiger partial charge in [0.05, 0.1) is 11.2 Å². The van der Waals surface area contributed by atoms with Crippen LogP contribution >= 0.6 is 0 Å². The van der Waals surface area contributed by atoms with Gasteiger partial charge in [-0.3, -0.25) is 0 Å². The van der Waals surface area contributed by atoms with Crippen molar-refractivity contribution < 1.29 is 16.8 Å². The maximum absolute atomic E-state index is 11.7. The molecule has 0 heterocycles. The van der Waals surface area contributed by atoms with Gasteiger partial charge < -0.3 is 5.32 Å². The number of hydrogen-bond donors (Lipinski definition) is 3. The first kappa shape index (κ1) is 17.9. The smallest absolute Gasteiger partial charge is 0.240 e. The molecule has 0 aliphatic carbocycles. The van der Waals surface area contributed by atoms with E-state index in [-0.39, 0.29) is 4.90 Å². The van der Waals surface area contributed by atoms with Crippen LogP contribution in [0.1, 0.15) is 13.3 Å². The fourth-order valence-corrected chi connectivity index (χ4v) is 3.16. The minimum atomic E-state index is -3.43. The minimum Gasteiger partial charge on any atom is -0.385 e. The van der Waals surface area contributed by atoms with Crippen molar-refractivity contribution in [2.24, 2.45) is 0 Å². The molecule has 0 bridgehead atoms. The maximum atomic E-state index is 11.7. The third-order valence-corrected chi connectivity index (χ3v) is 4.84. The van der Waals surface area contributed by atoms with Crippen LogP contribution in [0.15, 0.2) is 29.2 Å². The third kappa shape index (κ3) is 6.89. The quantitative estimate of drug-likeness (QED) is 0.564. The molecule has 0 aromatic heterocycles. The van der Waals surface area contributed by atoms with Gasteiger partial charge in [0.15, 0.2) is 0 Å². The van der Waals surface area contributed by atoms with E-state index in [1.165, 1.54) is 12.1 Å². The Labute approximate surface area is 126 Å². The van der Waals surface area contributed by atoms with E-state index in [0.29, 0.717) is 26.1 Å². The molecule has 0 saturated heterocycles. The Morgan fingerprint density at radius 1 is 0.952 bits per heavy atom. The zero-order valence-electron chi connectivity index (χ0n) is 12.1. The molecule has 1 rings (SSSR count). The van der Waals surface area contributed by atoms with Crippen molar-refractivity contribution in [1.29, 1.82) is 0 Å². The van der Waals surface area contributed by atoms with Gasteiger partial charge in [0, 0.05) is 25.3 Å². The van der Waals surface area contributed by atoms with E-state index >= 15 is 0 Å². The number of rotatable bonds is 9. The van der Waals surface area contributed by atoms with Crippen LogP contribution in [0.2, 0.25) is 0 Å². The van der Waals surface area contributed by atoms with Crippen molar-refractivity contribution in [2.75, 3.05) is 31.2 Å².